The molecule has 0 radical (unpaired) electrons. The summed E-state index contributed by atoms with van der Waals surface area (Å²) in [6.07, 6.45) is 4.56. The van der Waals surface area contributed by atoms with Crippen LogP contribution in [-0.2, 0) is 11.0 Å². The van der Waals surface area contributed by atoms with Gasteiger partial charge in [0.05, 0.1) is 16.1 Å². The first-order valence-corrected chi connectivity index (χ1v) is 13.4. The SMILES string of the molecule is O=C(c1ccc(-c2cc3c(-c4ccc(NS(=O)c5ccc(Cl)cc5)cc4)ncnn3c2)cc1)N1CCC1. The Morgan fingerprint density at radius 1 is 0.892 bits per heavy atom. The number of nitrogens with one attached hydrogen (secondary N) is 1. The van der Waals surface area contributed by atoms with Gasteiger partial charge in [-0.3, -0.25) is 4.79 Å². The molecule has 0 spiro atoms. The molecule has 0 aliphatic carbocycles. The summed E-state index contributed by atoms with van der Waals surface area (Å²) in [6.45, 7) is 1.67. The number of amides is 1. The average molecular weight is 528 g/mol. The highest BCUT2D eigenvalue weighted by atomic mass is 35.5. The van der Waals surface area contributed by atoms with Crippen molar-refractivity contribution < 1.29 is 9.00 Å². The Labute approximate surface area is 221 Å². The number of likely N-dealkylation sites (tertiary alicyclic amines) is 1. The van der Waals surface area contributed by atoms with Gasteiger partial charge in [0.25, 0.3) is 5.91 Å². The molecule has 9 heteroatoms. The average Bonchev–Trinajstić information content (AvgIpc) is 3.33. The second kappa shape index (κ2) is 9.80. The first-order valence-electron chi connectivity index (χ1n) is 11.8. The Morgan fingerprint density at radius 2 is 1.59 bits per heavy atom. The molecule has 6 rings (SSSR count). The molecule has 5 aromatic rings. The maximum absolute atomic E-state index is 12.6. The molecule has 0 saturated carbocycles. The van der Waals surface area contributed by atoms with Crippen molar-refractivity contribution in [3.63, 3.8) is 0 Å². The zero-order chi connectivity index (χ0) is 25.4. The van der Waals surface area contributed by atoms with Crippen LogP contribution in [0.2, 0.25) is 5.02 Å². The summed E-state index contributed by atoms with van der Waals surface area (Å²) >= 11 is 5.92. The lowest BCUT2D eigenvalue weighted by molar-refractivity contribution is 0.0652. The van der Waals surface area contributed by atoms with E-state index in [1.54, 1.807) is 28.8 Å². The van der Waals surface area contributed by atoms with Crippen molar-refractivity contribution in [2.75, 3.05) is 17.8 Å². The Hall–Kier alpha value is -4.01. The van der Waals surface area contributed by atoms with Crippen LogP contribution in [0.25, 0.3) is 27.9 Å². The highest BCUT2D eigenvalue weighted by Gasteiger charge is 2.21. The van der Waals surface area contributed by atoms with E-state index >= 15 is 0 Å². The van der Waals surface area contributed by atoms with Crippen LogP contribution in [0.3, 0.4) is 0 Å². The Balaban J connectivity index is 1.23. The minimum atomic E-state index is -1.40. The van der Waals surface area contributed by atoms with Crippen molar-refractivity contribution >= 4 is 39.7 Å². The molecule has 37 heavy (non-hydrogen) atoms. The molecular weight excluding hydrogens is 506 g/mol. The molecule has 2 aromatic heterocycles. The number of aromatic nitrogens is 3. The van der Waals surface area contributed by atoms with Crippen LogP contribution >= 0.6 is 11.6 Å². The van der Waals surface area contributed by atoms with Gasteiger partial charge in [0, 0.05) is 46.7 Å². The number of hydrogen-bond donors (Lipinski definition) is 1. The van der Waals surface area contributed by atoms with Crippen molar-refractivity contribution in [1.82, 2.24) is 19.5 Å². The molecule has 1 saturated heterocycles. The van der Waals surface area contributed by atoms with Crippen LogP contribution in [0.15, 0.2) is 96.3 Å². The summed E-state index contributed by atoms with van der Waals surface area (Å²) < 4.78 is 17.4. The second-order valence-corrected chi connectivity index (χ2v) is 10.4. The lowest BCUT2D eigenvalue weighted by Crippen LogP contribution is -2.41. The fraction of sp³-hybridized carbons (Fsp3) is 0.107. The van der Waals surface area contributed by atoms with Crippen LogP contribution in [0.5, 0.6) is 0 Å². The predicted molar refractivity (Wildman–Crippen MR) is 146 cm³/mol. The van der Waals surface area contributed by atoms with Crippen molar-refractivity contribution in [3.8, 4) is 22.4 Å². The Kier molecular flexibility index (Phi) is 6.20. The van der Waals surface area contributed by atoms with Crippen molar-refractivity contribution in [1.29, 1.82) is 0 Å². The van der Waals surface area contributed by atoms with E-state index in [2.05, 4.69) is 14.8 Å². The Morgan fingerprint density at radius 3 is 2.27 bits per heavy atom. The number of hydrogen-bond acceptors (Lipinski definition) is 4. The van der Waals surface area contributed by atoms with E-state index in [-0.39, 0.29) is 5.91 Å². The smallest absolute Gasteiger partial charge is 0.253 e. The number of anilines is 1. The molecule has 1 fully saturated rings. The molecule has 3 heterocycles. The monoisotopic (exact) mass is 527 g/mol. The van der Waals surface area contributed by atoms with Crippen molar-refractivity contribution in [3.05, 3.63) is 102 Å². The molecule has 1 aliphatic rings. The quantitative estimate of drug-likeness (QED) is 0.307. The maximum Gasteiger partial charge on any atom is 0.253 e. The zero-order valence-corrected chi connectivity index (χ0v) is 21.2. The van der Waals surface area contributed by atoms with Gasteiger partial charge < -0.3 is 9.62 Å². The lowest BCUT2D eigenvalue weighted by atomic mass is 10.0. The van der Waals surface area contributed by atoms with Gasteiger partial charge in [-0.1, -0.05) is 35.9 Å². The van der Waals surface area contributed by atoms with E-state index < -0.39 is 11.0 Å². The first-order chi connectivity index (χ1) is 18.0. The molecular formula is C28H22ClN5O2S. The third kappa shape index (κ3) is 4.73. The van der Waals surface area contributed by atoms with Gasteiger partial charge in [-0.05, 0) is 66.6 Å². The zero-order valence-electron chi connectivity index (χ0n) is 19.7. The molecule has 1 unspecified atom stereocenters. The molecule has 1 N–H and O–H groups in total. The molecule has 1 amide bonds. The third-order valence-electron chi connectivity index (χ3n) is 6.41. The van der Waals surface area contributed by atoms with Gasteiger partial charge >= 0.3 is 0 Å². The van der Waals surface area contributed by atoms with E-state index in [0.717, 1.165) is 53.1 Å². The van der Waals surface area contributed by atoms with Crippen LogP contribution in [0, 0.1) is 0 Å². The number of nitrogens with zero attached hydrogens (tertiary/aromatic N) is 4. The topological polar surface area (TPSA) is 79.6 Å². The van der Waals surface area contributed by atoms with E-state index in [9.17, 15) is 9.00 Å². The fourth-order valence-electron chi connectivity index (χ4n) is 4.24. The summed E-state index contributed by atoms with van der Waals surface area (Å²) in [4.78, 5) is 19.5. The van der Waals surface area contributed by atoms with Gasteiger partial charge in [0.2, 0.25) is 0 Å². The third-order valence-corrected chi connectivity index (χ3v) is 7.78. The summed E-state index contributed by atoms with van der Waals surface area (Å²) in [7, 11) is -1.40. The fourth-order valence-corrected chi connectivity index (χ4v) is 5.21. The molecule has 184 valence electrons. The maximum atomic E-state index is 12.6. The molecule has 3 aromatic carbocycles. The van der Waals surface area contributed by atoms with Crippen LogP contribution in [0.1, 0.15) is 16.8 Å². The summed E-state index contributed by atoms with van der Waals surface area (Å²) in [5, 5.41) is 4.98. The van der Waals surface area contributed by atoms with Gasteiger partial charge in [-0.15, -0.1) is 0 Å². The molecule has 1 atom stereocenters. The number of carbonyl (C=O) groups excluding carboxylic acids is 1. The summed E-state index contributed by atoms with van der Waals surface area (Å²) in [5.74, 6) is 0.0860. The predicted octanol–water partition coefficient (Wildman–Crippen LogP) is 5.70. The lowest BCUT2D eigenvalue weighted by Gasteiger charge is -2.30. The normalized spacial score (nSPS) is 13.8. The van der Waals surface area contributed by atoms with Crippen molar-refractivity contribution in [2.24, 2.45) is 0 Å². The second-order valence-electron chi connectivity index (χ2n) is 8.79. The van der Waals surface area contributed by atoms with Crippen LogP contribution in [0.4, 0.5) is 5.69 Å². The highest BCUT2D eigenvalue weighted by Crippen LogP contribution is 2.29. The van der Waals surface area contributed by atoms with Gasteiger partial charge in [0.15, 0.2) is 0 Å². The van der Waals surface area contributed by atoms with Gasteiger partial charge in [-0.25, -0.2) is 13.7 Å². The van der Waals surface area contributed by atoms with E-state index in [0.29, 0.717) is 15.5 Å². The first kappa shape index (κ1) is 23.4. The minimum absolute atomic E-state index is 0.0860. The van der Waals surface area contributed by atoms with Gasteiger partial charge in [0.1, 0.15) is 17.3 Å². The minimum Gasteiger partial charge on any atom is -0.339 e. The largest absolute Gasteiger partial charge is 0.339 e. The van der Waals surface area contributed by atoms with E-state index in [1.807, 2.05) is 65.7 Å². The number of benzene rings is 3. The molecule has 1 aliphatic heterocycles. The summed E-state index contributed by atoms with van der Waals surface area (Å²) in [5.41, 5.74) is 5.99. The molecule has 0 bridgehead atoms. The van der Waals surface area contributed by atoms with Crippen molar-refractivity contribution in [2.45, 2.75) is 11.3 Å². The van der Waals surface area contributed by atoms with E-state index in [1.165, 1.54) is 6.33 Å². The van der Waals surface area contributed by atoms with E-state index in [4.69, 9.17) is 11.6 Å². The number of halogens is 1. The summed E-state index contributed by atoms with van der Waals surface area (Å²) in [6, 6.07) is 24.3. The number of fused-ring (bicyclic) bond motifs is 1. The highest BCUT2D eigenvalue weighted by molar-refractivity contribution is 7.86. The van der Waals surface area contributed by atoms with Crippen LogP contribution in [-0.4, -0.2) is 42.7 Å². The Bertz CT molecular complexity index is 1610. The van der Waals surface area contributed by atoms with Gasteiger partial charge in [-0.2, -0.15) is 5.10 Å². The van der Waals surface area contributed by atoms with Crippen LogP contribution < -0.4 is 4.72 Å². The number of rotatable bonds is 6. The molecule has 7 nitrogen and oxygen atoms in total. The standard InChI is InChI=1S/C28H22ClN5O2S/c29-23-8-12-25(13-9-23)37(36)32-24-10-6-20(7-11-24)27-26-16-22(17-34(26)31-18-30-27)19-2-4-21(5-3-19)28(35)33-14-1-15-33/h2-13,16-18,32H,1,14-15H2. The number of carbonyl (C=O) groups is 1.